The number of nitrogens with one attached hydrogen (secondary N) is 1. The van der Waals surface area contributed by atoms with Crippen LogP contribution >= 0.6 is 0 Å². The number of hydrogen-bond donors (Lipinski definition) is 4. The number of benzene rings is 2. The number of Topliss-reactive ketones (excluding diaryl/α,β-unsaturated/α-hetero) is 1. The molecule has 0 aromatic heterocycles. The molecule has 0 aliphatic carbocycles. The lowest BCUT2D eigenvalue weighted by molar-refractivity contribution is -0.124. The first-order valence-electron chi connectivity index (χ1n) is 6.84. The molecule has 2 aromatic rings. The molecule has 2 rings (SSSR count). The van der Waals surface area contributed by atoms with Gasteiger partial charge < -0.3 is 10.4 Å². The van der Waals surface area contributed by atoms with E-state index in [2.05, 4.69) is 5.32 Å². The van der Waals surface area contributed by atoms with Crippen LogP contribution in [0.25, 0.3) is 10.8 Å². The molecule has 140 valence electrons. The number of carbonyl (C=O) groups excluding carboxylic acids is 2. The van der Waals surface area contributed by atoms with Crippen LogP contribution in [-0.2, 0) is 29.8 Å². The van der Waals surface area contributed by atoms with Gasteiger partial charge in [0.25, 0.3) is 20.2 Å². The summed E-state index contributed by atoms with van der Waals surface area (Å²) in [6, 6.07) is 3.28. The highest BCUT2D eigenvalue weighted by atomic mass is 32.2. The van der Waals surface area contributed by atoms with Gasteiger partial charge in [-0.1, -0.05) is 0 Å². The number of hydrogen-bond acceptors (Lipinski definition) is 7. The number of anilines is 1. The summed E-state index contributed by atoms with van der Waals surface area (Å²) in [5, 5.41) is 11.6. The third-order valence-corrected chi connectivity index (χ3v) is 5.03. The van der Waals surface area contributed by atoms with Crippen LogP contribution in [0.2, 0.25) is 0 Å². The third kappa shape index (κ3) is 4.16. The van der Waals surface area contributed by atoms with Crippen molar-refractivity contribution in [3.63, 3.8) is 0 Å². The van der Waals surface area contributed by atoms with Gasteiger partial charge in [0.2, 0.25) is 5.91 Å². The van der Waals surface area contributed by atoms with E-state index in [9.17, 15) is 36.1 Å². The Hall–Kier alpha value is -2.54. The lowest BCUT2D eigenvalue weighted by Crippen LogP contribution is -2.15. The minimum absolute atomic E-state index is 0.127. The summed E-state index contributed by atoms with van der Waals surface area (Å²) in [7, 11) is -9.63. The Labute approximate surface area is 147 Å². The van der Waals surface area contributed by atoms with Gasteiger partial charge in [-0.05, 0) is 25.1 Å². The van der Waals surface area contributed by atoms with Crippen LogP contribution in [0, 0.1) is 0 Å². The fraction of sp³-hybridized carbons (Fsp3) is 0.143. The van der Waals surface area contributed by atoms with Crippen molar-refractivity contribution in [2.75, 3.05) is 5.32 Å². The van der Waals surface area contributed by atoms with Crippen LogP contribution in [0.5, 0.6) is 5.75 Å². The lowest BCUT2D eigenvalue weighted by atomic mass is 10.1. The molecular formula is C14H13NO9S2. The van der Waals surface area contributed by atoms with Crippen molar-refractivity contribution in [2.24, 2.45) is 0 Å². The quantitative estimate of drug-likeness (QED) is 0.418. The van der Waals surface area contributed by atoms with Crippen LogP contribution < -0.4 is 5.32 Å². The predicted molar refractivity (Wildman–Crippen MR) is 89.2 cm³/mol. The summed E-state index contributed by atoms with van der Waals surface area (Å²) in [5.74, 6) is -1.98. The Kier molecular flexibility index (Phi) is 5.05. The number of ketones is 1. The molecule has 2 aromatic carbocycles. The summed E-state index contributed by atoms with van der Waals surface area (Å²) >= 11 is 0. The van der Waals surface area contributed by atoms with E-state index in [1.807, 2.05) is 0 Å². The van der Waals surface area contributed by atoms with Crippen molar-refractivity contribution >= 4 is 48.4 Å². The Morgan fingerprint density at radius 2 is 1.65 bits per heavy atom. The van der Waals surface area contributed by atoms with E-state index in [1.54, 1.807) is 0 Å². The van der Waals surface area contributed by atoms with E-state index in [4.69, 9.17) is 4.55 Å². The molecule has 0 spiro atoms. The number of carbonyl (C=O) groups is 2. The van der Waals surface area contributed by atoms with E-state index in [0.29, 0.717) is 12.1 Å². The summed E-state index contributed by atoms with van der Waals surface area (Å²) in [6.07, 6.45) is -0.481. The average Bonchev–Trinajstić information content (AvgIpc) is 2.43. The van der Waals surface area contributed by atoms with Gasteiger partial charge in [0.15, 0.2) is 0 Å². The second-order valence-corrected chi connectivity index (χ2v) is 8.16. The molecule has 10 nitrogen and oxygen atoms in total. The monoisotopic (exact) mass is 403 g/mol. The number of fused-ring (bicyclic) bond motifs is 1. The average molecular weight is 403 g/mol. The first-order chi connectivity index (χ1) is 11.8. The molecule has 0 aliphatic rings. The van der Waals surface area contributed by atoms with Gasteiger partial charge in [0.1, 0.15) is 16.4 Å². The minimum Gasteiger partial charge on any atom is -0.507 e. The fourth-order valence-electron chi connectivity index (χ4n) is 2.31. The molecule has 26 heavy (non-hydrogen) atoms. The van der Waals surface area contributed by atoms with E-state index in [0.717, 1.165) is 12.1 Å². The zero-order valence-electron chi connectivity index (χ0n) is 13.1. The number of phenols is 1. The highest BCUT2D eigenvalue weighted by Crippen LogP contribution is 2.38. The summed E-state index contributed by atoms with van der Waals surface area (Å²) in [4.78, 5) is 21.2. The number of phenolic OH excluding ortho intramolecular Hbond substituents is 1. The van der Waals surface area contributed by atoms with Crippen molar-refractivity contribution in [3.8, 4) is 5.75 Å². The van der Waals surface area contributed by atoms with Gasteiger partial charge in [-0.15, -0.1) is 0 Å². The third-order valence-electron chi connectivity index (χ3n) is 3.29. The van der Waals surface area contributed by atoms with Gasteiger partial charge in [-0.2, -0.15) is 16.8 Å². The molecule has 12 heteroatoms. The first-order valence-corrected chi connectivity index (χ1v) is 9.72. The summed E-state index contributed by atoms with van der Waals surface area (Å²) < 4.78 is 64.1. The molecule has 0 saturated heterocycles. The Morgan fingerprint density at radius 3 is 2.15 bits per heavy atom. The molecular weight excluding hydrogens is 390 g/mol. The van der Waals surface area contributed by atoms with E-state index in [1.165, 1.54) is 6.92 Å². The highest BCUT2D eigenvalue weighted by molar-refractivity contribution is 7.86. The predicted octanol–water partition coefficient (Wildman–Crippen LogP) is 0.956. The number of aromatic hydroxyl groups is 1. The first kappa shape index (κ1) is 19.8. The molecule has 0 heterocycles. The second kappa shape index (κ2) is 6.64. The zero-order valence-corrected chi connectivity index (χ0v) is 14.8. The highest BCUT2D eigenvalue weighted by Gasteiger charge is 2.22. The molecule has 0 radical (unpaired) electrons. The topological polar surface area (TPSA) is 175 Å². The Balaban J connectivity index is 2.83. The van der Waals surface area contributed by atoms with Gasteiger partial charge in [-0.25, -0.2) is 0 Å². The Morgan fingerprint density at radius 1 is 1.04 bits per heavy atom. The van der Waals surface area contributed by atoms with E-state index >= 15 is 0 Å². The zero-order chi connectivity index (χ0) is 19.9. The van der Waals surface area contributed by atoms with Crippen molar-refractivity contribution in [2.45, 2.75) is 23.1 Å². The van der Waals surface area contributed by atoms with Crippen molar-refractivity contribution < 1.29 is 40.6 Å². The maximum Gasteiger partial charge on any atom is 0.295 e. The fourth-order valence-corrected chi connectivity index (χ4v) is 3.52. The van der Waals surface area contributed by atoms with Crippen molar-refractivity contribution in [1.29, 1.82) is 0 Å². The van der Waals surface area contributed by atoms with Gasteiger partial charge in [0.05, 0.1) is 17.0 Å². The van der Waals surface area contributed by atoms with Crippen LogP contribution in [0.3, 0.4) is 0 Å². The lowest BCUT2D eigenvalue weighted by Gasteiger charge is -2.13. The van der Waals surface area contributed by atoms with Crippen molar-refractivity contribution in [3.05, 3.63) is 24.3 Å². The molecule has 0 unspecified atom stereocenters. The largest absolute Gasteiger partial charge is 0.507 e. The molecule has 0 fully saturated rings. The van der Waals surface area contributed by atoms with Crippen LogP contribution in [-0.4, -0.2) is 42.7 Å². The van der Waals surface area contributed by atoms with E-state index in [-0.39, 0.29) is 11.1 Å². The minimum atomic E-state index is -4.83. The SMILES string of the molecule is CC(=O)CC(=O)Nc1ccc(S(=O)(=O)O)c2cc(S(=O)(=O)O)cc(O)c12. The molecule has 0 bridgehead atoms. The normalized spacial score (nSPS) is 12.1. The molecule has 0 saturated carbocycles. The standard InChI is InChI=1S/C14H13NO9S2/c1-7(16)4-13(18)15-10-2-3-12(26(22,23)24)9-5-8(25(19,20)21)6-11(17)14(9)10/h2-3,5-6,17H,4H2,1H3,(H,15,18)(H,19,20,21)(H,22,23,24). The summed E-state index contributed by atoms with van der Waals surface area (Å²) in [5.41, 5.74) is -0.127. The number of rotatable bonds is 5. The molecule has 1 amide bonds. The maximum absolute atomic E-state index is 11.8. The van der Waals surface area contributed by atoms with Crippen LogP contribution in [0.4, 0.5) is 5.69 Å². The van der Waals surface area contributed by atoms with Crippen LogP contribution in [0.15, 0.2) is 34.1 Å². The van der Waals surface area contributed by atoms with Crippen LogP contribution in [0.1, 0.15) is 13.3 Å². The van der Waals surface area contributed by atoms with E-state index < -0.39 is 59.3 Å². The van der Waals surface area contributed by atoms with Crippen molar-refractivity contribution in [1.82, 2.24) is 0 Å². The summed E-state index contributed by atoms with van der Waals surface area (Å²) in [6.45, 7) is 1.18. The number of amides is 1. The molecule has 0 atom stereocenters. The smallest absolute Gasteiger partial charge is 0.295 e. The molecule has 4 N–H and O–H groups in total. The van der Waals surface area contributed by atoms with Gasteiger partial charge in [0, 0.05) is 16.8 Å². The second-order valence-electron chi connectivity index (χ2n) is 5.35. The maximum atomic E-state index is 11.8. The van der Waals surface area contributed by atoms with Gasteiger partial charge in [-0.3, -0.25) is 18.7 Å². The van der Waals surface area contributed by atoms with Gasteiger partial charge >= 0.3 is 0 Å². The molecule has 0 aliphatic heterocycles. The Bertz CT molecular complexity index is 1130.